The Morgan fingerprint density at radius 1 is 1.48 bits per heavy atom. The molecule has 0 atom stereocenters. The molecule has 1 aromatic heterocycles. The number of ether oxygens (including phenoxy) is 1. The molecule has 0 radical (unpaired) electrons. The summed E-state index contributed by atoms with van der Waals surface area (Å²) in [5.74, 6) is -1.18. The van der Waals surface area contributed by atoms with Gasteiger partial charge in [0.1, 0.15) is 10.9 Å². The molecule has 2 heterocycles. The molecule has 3 rings (SSSR count). The van der Waals surface area contributed by atoms with Crippen molar-refractivity contribution in [1.82, 2.24) is 10.3 Å². The highest BCUT2D eigenvalue weighted by molar-refractivity contribution is 6.30. The summed E-state index contributed by atoms with van der Waals surface area (Å²) in [6.07, 6.45) is 2.13. The highest BCUT2D eigenvalue weighted by Gasteiger charge is 2.30. The third kappa shape index (κ3) is 3.28. The quantitative estimate of drug-likeness (QED) is 0.781. The third-order valence-corrected chi connectivity index (χ3v) is 4.72. The van der Waals surface area contributed by atoms with Crippen LogP contribution in [0.2, 0.25) is 5.15 Å². The van der Waals surface area contributed by atoms with Crippen molar-refractivity contribution in [2.45, 2.75) is 19.9 Å². The molecular formula is C18H18ClFN4O3. The van der Waals surface area contributed by atoms with Gasteiger partial charge in [-0.3, -0.25) is 9.69 Å². The fourth-order valence-corrected chi connectivity index (χ4v) is 3.26. The molecule has 0 spiro atoms. The van der Waals surface area contributed by atoms with Gasteiger partial charge in [-0.1, -0.05) is 18.5 Å². The van der Waals surface area contributed by atoms with Gasteiger partial charge in [0.15, 0.2) is 5.82 Å². The van der Waals surface area contributed by atoms with E-state index in [1.807, 2.05) is 6.92 Å². The molecule has 3 amide bonds. The zero-order chi connectivity index (χ0) is 19.7. The van der Waals surface area contributed by atoms with Crippen molar-refractivity contribution in [2.24, 2.45) is 0 Å². The van der Waals surface area contributed by atoms with E-state index in [0.29, 0.717) is 22.8 Å². The molecular weight excluding hydrogens is 375 g/mol. The minimum atomic E-state index is -0.814. The number of nitrogens with zero attached hydrogens (tertiary/aromatic N) is 2. The van der Waals surface area contributed by atoms with Gasteiger partial charge in [-0.25, -0.2) is 14.2 Å². The number of pyridine rings is 1. The molecule has 0 aliphatic carbocycles. The number of fused-ring (bicyclic) bond motifs is 1. The Hall–Kier alpha value is -2.87. The predicted molar refractivity (Wildman–Crippen MR) is 100 cm³/mol. The summed E-state index contributed by atoms with van der Waals surface area (Å²) < 4.78 is 20.2. The minimum Gasteiger partial charge on any atom is -0.497 e. The van der Waals surface area contributed by atoms with Crippen LogP contribution in [0.15, 0.2) is 18.3 Å². The van der Waals surface area contributed by atoms with Crippen molar-refractivity contribution in [3.8, 4) is 5.75 Å². The lowest BCUT2D eigenvalue weighted by molar-refractivity contribution is 0.0958. The van der Waals surface area contributed by atoms with E-state index in [-0.39, 0.29) is 23.5 Å². The molecule has 2 aromatic rings. The Morgan fingerprint density at radius 2 is 2.22 bits per heavy atom. The summed E-state index contributed by atoms with van der Waals surface area (Å²) in [4.78, 5) is 30.0. The van der Waals surface area contributed by atoms with E-state index in [9.17, 15) is 14.0 Å². The van der Waals surface area contributed by atoms with Crippen LogP contribution in [0.4, 0.5) is 20.6 Å². The SMILES string of the molecule is CCc1c(Cl)ncc2c1NC(=O)N(c1cc(OC)cc(C(=O)NC)c1F)C2. The van der Waals surface area contributed by atoms with Gasteiger partial charge in [0, 0.05) is 30.4 Å². The maximum absolute atomic E-state index is 15.0. The fraction of sp³-hybridized carbons (Fsp3) is 0.278. The number of rotatable bonds is 4. The largest absolute Gasteiger partial charge is 0.497 e. The van der Waals surface area contributed by atoms with Crippen LogP contribution in [0, 0.1) is 5.82 Å². The zero-order valence-electron chi connectivity index (χ0n) is 15.0. The van der Waals surface area contributed by atoms with Crippen LogP contribution in [0.5, 0.6) is 5.75 Å². The van der Waals surface area contributed by atoms with Crippen LogP contribution < -0.4 is 20.3 Å². The van der Waals surface area contributed by atoms with Gasteiger partial charge < -0.3 is 15.4 Å². The number of benzene rings is 1. The number of nitrogens with one attached hydrogen (secondary N) is 2. The van der Waals surface area contributed by atoms with Gasteiger partial charge in [-0.2, -0.15) is 0 Å². The Balaban J connectivity index is 2.10. The molecule has 0 saturated heterocycles. The number of carbonyl (C=O) groups excluding carboxylic acids is 2. The van der Waals surface area contributed by atoms with Gasteiger partial charge >= 0.3 is 6.03 Å². The summed E-state index contributed by atoms with van der Waals surface area (Å²) >= 11 is 6.10. The fourth-order valence-electron chi connectivity index (χ4n) is 2.98. The molecule has 0 fully saturated rings. The first kappa shape index (κ1) is 18.9. The van der Waals surface area contributed by atoms with E-state index in [1.165, 1.54) is 31.2 Å². The van der Waals surface area contributed by atoms with Gasteiger partial charge in [-0.05, 0) is 12.5 Å². The second-order valence-corrected chi connectivity index (χ2v) is 6.24. The molecule has 0 unspecified atom stereocenters. The molecule has 142 valence electrons. The van der Waals surface area contributed by atoms with Gasteiger partial charge in [0.2, 0.25) is 0 Å². The molecule has 0 saturated carbocycles. The number of urea groups is 1. The topological polar surface area (TPSA) is 83.6 Å². The molecule has 2 N–H and O–H groups in total. The maximum atomic E-state index is 15.0. The van der Waals surface area contributed by atoms with Crippen LogP contribution in [-0.2, 0) is 13.0 Å². The van der Waals surface area contributed by atoms with Crippen LogP contribution in [0.3, 0.4) is 0 Å². The summed E-state index contributed by atoms with van der Waals surface area (Å²) in [5.41, 5.74) is 1.73. The molecule has 1 aliphatic rings. The summed E-state index contributed by atoms with van der Waals surface area (Å²) in [6, 6.07) is 2.12. The number of amides is 3. The summed E-state index contributed by atoms with van der Waals surface area (Å²) in [5, 5.41) is 5.44. The van der Waals surface area contributed by atoms with Crippen molar-refractivity contribution >= 4 is 34.9 Å². The van der Waals surface area contributed by atoms with Crippen molar-refractivity contribution < 1.29 is 18.7 Å². The predicted octanol–water partition coefficient (Wildman–Crippen LogP) is 3.36. The van der Waals surface area contributed by atoms with E-state index in [1.54, 1.807) is 6.20 Å². The average molecular weight is 393 g/mol. The first-order chi connectivity index (χ1) is 12.9. The molecule has 0 bridgehead atoms. The molecule has 9 heteroatoms. The first-order valence-corrected chi connectivity index (χ1v) is 8.63. The normalized spacial score (nSPS) is 13.1. The standard InChI is InChI=1S/C18H18ClFN4O3/c1-4-11-15-9(7-22-16(11)19)8-24(18(26)23-15)13-6-10(27-3)5-12(14(13)20)17(25)21-2/h5-7H,4,8H2,1-3H3,(H,21,25)(H,23,26). The van der Waals surface area contributed by atoms with E-state index < -0.39 is 17.8 Å². The number of hydrogen-bond donors (Lipinski definition) is 2. The smallest absolute Gasteiger partial charge is 0.326 e. The third-order valence-electron chi connectivity index (χ3n) is 4.39. The molecule has 7 nitrogen and oxygen atoms in total. The minimum absolute atomic E-state index is 0.0656. The highest BCUT2D eigenvalue weighted by atomic mass is 35.5. The molecule has 1 aromatic carbocycles. The summed E-state index contributed by atoms with van der Waals surface area (Å²) in [7, 11) is 2.79. The van der Waals surface area contributed by atoms with Crippen LogP contribution in [0.25, 0.3) is 0 Å². The number of methoxy groups -OCH3 is 1. The maximum Gasteiger partial charge on any atom is 0.326 e. The lowest BCUT2D eigenvalue weighted by Crippen LogP contribution is -2.40. The van der Waals surface area contributed by atoms with E-state index >= 15 is 0 Å². The van der Waals surface area contributed by atoms with Crippen molar-refractivity contribution in [3.05, 3.63) is 46.0 Å². The number of hydrogen-bond acceptors (Lipinski definition) is 4. The van der Waals surface area contributed by atoms with Crippen LogP contribution in [-0.4, -0.2) is 31.1 Å². The second kappa shape index (κ2) is 7.40. The Kier molecular flexibility index (Phi) is 5.18. The first-order valence-electron chi connectivity index (χ1n) is 8.25. The van der Waals surface area contributed by atoms with Gasteiger partial charge in [-0.15, -0.1) is 0 Å². The number of aromatic nitrogens is 1. The summed E-state index contributed by atoms with van der Waals surface area (Å²) in [6.45, 7) is 1.98. The van der Waals surface area contributed by atoms with E-state index in [4.69, 9.17) is 16.3 Å². The van der Waals surface area contributed by atoms with Gasteiger partial charge in [0.25, 0.3) is 5.91 Å². The highest BCUT2D eigenvalue weighted by Crippen LogP contribution is 2.36. The van der Waals surface area contributed by atoms with E-state index in [2.05, 4.69) is 15.6 Å². The Labute approximate surface area is 160 Å². The van der Waals surface area contributed by atoms with Crippen molar-refractivity contribution in [1.29, 1.82) is 0 Å². The average Bonchev–Trinajstić information content (AvgIpc) is 2.67. The Morgan fingerprint density at radius 3 is 2.85 bits per heavy atom. The second-order valence-electron chi connectivity index (χ2n) is 5.88. The van der Waals surface area contributed by atoms with Crippen molar-refractivity contribution in [2.75, 3.05) is 24.4 Å². The monoisotopic (exact) mass is 392 g/mol. The number of anilines is 2. The van der Waals surface area contributed by atoms with E-state index in [0.717, 1.165) is 5.56 Å². The number of halogens is 2. The lowest BCUT2D eigenvalue weighted by atomic mass is 10.1. The van der Waals surface area contributed by atoms with Crippen LogP contribution >= 0.6 is 11.6 Å². The zero-order valence-corrected chi connectivity index (χ0v) is 15.8. The lowest BCUT2D eigenvalue weighted by Gasteiger charge is -2.31. The molecule has 27 heavy (non-hydrogen) atoms. The van der Waals surface area contributed by atoms with Gasteiger partial charge in [0.05, 0.1) is 30.6 Å². The molecule has 1 aliphatic heterocycles. The number of carbonyl (C=O) groups is 2. The Bertz CT molecular complexity index is 935. The van der Waals surface area contributed by atoms with Crippen LogP contribution in [0.1, 0.15) is 28.4 Å². The van der Waals surface area contributed by atoms with Crippen molar-refractivity contribution in [3.63, 3.8) is 0 Å².